The van der Waals surface area contributed by atoms with E-state index in [1.807, 2.05) is 0 Å². The van der Waals surface area contributed by atoms with Gasteiger partial charge in [-0.1, -0.05) is 230 Å². The molecule has 2 unspecified atom stereocenters. The van der Waals surface area contributed by atoms with E-state index >= 15 is 0 Å². The van der Waals surface area contributed by atoms with Crippen molar-refractivity contribution in [2.75, 3.05) is 0 Å². The van der Waals surface area contributed by atoms with Crippen LogP contribution in [-0.2, 0) is 17.6 Å². The van der Waals surface area contributed by atoms with Gasteiger partial charge < -0.3 is 4.74 Å². The Hall–Kier alpha value is -3.44. The minimum atomic E-state index is 0.0510. The topological polar surface area (TPSA) is 60.8 Å². The van der Waals surface area contributed by atoms with Crippen molar-refractivity contribution >= 4 is 0 Å². The van der Waals surface area contributed by atoms with Gasteiger partial charge in [0, 0.05) is 35.9 Å². The summed E-state index contributed by atoms with van der Waals surface area (Å²) in [5.74, 6) is 4.38. The third-order valence-electron chi connectivity index (χ3n) is 15.9. The predicted octanol–water partition coefficient (Wildman–Crippen LogP) is 18.8. The first kappa shape index (κ1) is 52.9. The highest BCUT2D eigenvalue weighted by Gasteiger charge is 2.36. The van der Waals surface area contributed by atoms with E-state index < -0.39 is 0 Å². The van der Waals surface area contributed by atoms with Gasteiger partial charge in [0.05, 0.1) is 12.2 Å². The number of unbranched alkanes of at least 4 members (excludes halogenated alkanes) is 16. The maximum atomic E-state index is 7.78. The van der Waals surface area contributed by atoms with Crippen molar-refractivity contribution in [2.24, 2.45) is 23.7 Å². The Morgan fingerprint density at radius 2 is 0.701 bits per heavy atom. The quantitative estimate of drug-likeness (QED) is 0.0457. The van der Waals surface area contributed by atoms with Gasteiger partial charge in [0.15, 0.2) is 11.6 Å². The van der Waals surface area contributed by atoms with Crippen molar-refractivity contribution in [1.29, 1.82) is 0 Å². The van der Waals surface area contributed by atoms with Crippen LogP contribution in [-0.4, -0.2) is 19.9 Å². The first-order valence-corrected chi connectivity index (χ1v) is 28.6. The lowest BCUT2D eigenvalue weighted by Gasteiger charge is -2.40. The summed E-state index contributed by atoms with van der Waals surface area (Å²) in [6.07, 6.45) is 50.2. The molecule has 67 heavy (non-hydrogen) atoms. The van der Waals surface area contributed by atoms with E-state index in [1.165, 1.54) is 215 Å². The van der Waals surface area contributed by atoms with Crippen LogP contribution in [0.25, 0.3) is 22.8 Å². The van der Waals surface area contributed by atoms with Crippen LogP contribution in [0, 0.1) is 23.7 Å². The van der Waals surface area contributed by atoms with E-state index in [0.717, 1.165) is 47.5 Å². The Balaban J connectivity index is 1.18. The maximum absolute atomic E-state index is 7.78. The average Bonchev–Trinajstić information content (AvgIpc) is 3.37. The second-order valence-corrected chi connectivity index (χ2v) is 21.3. The van der Waals surface area contributed by atoms with Crippen molar-refractivity contribution in [3.63, 3.8) is 0 Å². The highest BCUT2D eigenvalue weighted by molar-refractivity contribution is 5.56. The number of ether oxygens (including phenoxy) is 1. The molecule has 0 radical (unpaired) electrons. The molecule has 2 heterocycles. The molecule has 2 aliphatic rings. The normalized spacial score (nSPS) is 19.6. The van der Waals surface area contributed by atoms with E-state index in [1.54, 1.807) is 0 Å². The molecular weight excluding hydrogens is 817 g/mol. The molecule has 0 amide bonds. The summed E-state index contributed by atoms with van der Waals surface area (Å²) in [5.41, 5.74) is 7.31. The van der Waals surface area contributed by atoms with E-state index in [-0.39, 0.29) is 12.2 Å². The van der Waals surface area contributed by atoms with Crippen LogP contribution in [0.3, 0.4) is 0 Å². The number of nitrogens with zero attached hydrogens (tertiary/aromatic N) is 4. The Morgan fingerprint density at radius 1 is 0.388 bits per heavy atom. The summed E-state index contributed by atoms with van der Waals surface area (Å²) in [6.45, 7) is 9.23. The number of benzene rings is 2. The Kier molecular flexibility index (Phi) is 24.4. The fraction of sp³-hybridized carbons (Fsp3) is 0.677. The molecule has 0 N–H and O–H groups in total. The number of aromatic nitrogens is 4. The van der Waals surface area contributed by atoms with Crippen molar-refractivity contribution < 1.29 is 4.74 Å². The highest BCUT2D eigenvalue weighted by Crippen LogP contribution is 2.47. The number of rotatable bonds is 32. The molecule has 2 aliphatic carbocycles. The highest BCUT2D eigenvalue weighted by atomic mass is 16.5. The summed E-state index contributed by atoms with van der Waals surface area (Å²) in [4.78, 5) is 19.5. The molecule has 2 aromatic heterocycles. The minimum Gasteiger partial charge on any atom is -0.365 e. The summed E-state index contributed by atoms with van der Waals surface area (Å²) in [5, 5.41) is 0. The van der Waals surface area contributed by atoms with Crippen LogP contribution in [0.2, 0.25) is 0 Å². The molecule has 0 spiro atoms. The van der Waals surface area contributed by atoms with Gasteiger partial charge in [-0.3, -0.25) is 0 Å². The van der Waals surface area contributed by atoms with Gasteiger partial charge in [-0.15, -0.1) is 0 Å². The van der Waals surface area contributed by atoms with Gasteiger partial charge in [0.2, 0.25) is 0 Å². The van der Waals surface area contributed by atoms with E-state index in [4.69, 9.17) is 24.7 Å². The fourth-order valence-electron chi connectivity index (χ4n) is 11.5. The smallest absolute Gasteiger partial charge is 0.159 e. The first-order valence-electron chi connectivity index (χ1n) is 28.6. The Morgan fingerprint density at radius 3 is 1.04 bits per heavy atom. The van der Waals surface area contributed by atoms with E-state index in [2.05, 4.69) is 101 Å². The third-order valence-corrected chi connectivity index (χ3v) is 15.9. The number of hydrogen-bond acceptors (Lipinski definition) is 5. The Bertz CT molecular complexity index is 1700. The van der Waals surface area contributed by atoms with E-state index in [9.17, 15) is 0 Å². The molecule has 6 rings (SSSR count). The maximum Gasteiger partial charge on any atom is 0.159 e. The number of hydrogen-bond donors (Lipinski definition) is 0. The zero-order valence-electron chi connectivity index (χ0n) is 43.2. The van der Waals surface area contributed by atoms with Gasteiger partial charge in [0.25, 0.3) is 0 Å². The largest absolute Gasteiger partial charge is 0.365 e. The molecule has 0 bridgehead atoms. The van der Waals surface area contributed by atoms with Crippen LogP contribution in [0.1, 0.15) is 255 Å². The number of aryl methyl sites for hydroxylation is 2. The molecule has 0 aliphatic heterocycles. The first-order chi connectivity index (χ1) is 33.1. The van der Waals surface area contributed by atoms with Gasteiger partial charge in [-0.05, 0) is 97.3 Å². The summed E-state index contributed by atoms with van der Waals surface area (Å²) >= 11 is 0. The minimum absolute atomic E-state index is 0.0510. The van der Waals surface area contributed by atoms with Crippen LogP contribution in [0.4, 0.5) is 0 Å². The van der Waals surface area contributed by atoms with Gasteiger partial charge in [-0.25, -0.2) is 19.9 Å². The molecule has 368 valence electrons. The summed E-state index contributed by atoms with van der Waals surface area (Å²) < 4.78 is 7.78. The molecule has 4 aromatic rings. The average molecular weight is 911 g/mol. The molecule has 2 atom stereocenters. The summed E-state index contributed by atoms with van der Waals surface area (Å²) in [6, 6.07) is 18.4. The summed E-state index contributed by atoms with van der Waals surface area (Å²) in [7, 11) is 0. The molecular formula is C62H94N4O. The van der Waals surface area contributed by atoms with Gasteiger partial charge in [-0.2, -0.15) is 0 Å². The van der Waals surface area contributed by atoms with Crippen molar-refractivity contribution in [1.82, 2.24) is 19.9 Å². The second kappa shape index (κ2) is 30.9. The van der Waals surface area contributed by atoms with Crippen molar-refractivity contribution in [3.05, 3.63) is 95.6 Å². The molecule has 5 heteroatoms. The lowest BCUT2D eigenvalue weighted by atomic mass is 9.74. The van der Waals surface area contributed by atoms with Gasteiger partial charge >= 0.3 is 0 Å². The monoisotopic (exact) mass is 911 g/mol. The molecule has 2 saturated carbocycles. The zero-order chi connectivity index (χ0) is 46.7. The lowest BCUT2D eigenvalue weighted by Crippen LogP contribution is -2.28. The van der Waals surface area contributed by atoms with E-state index in [0.29, 0.717) is 11.8 Å². The standard InChI is InChI=1S/C62H94N4O/c1-5-9-13-15-17-19-23-27-51-45-63-61(64-46-51)57-41-37-55(38-42-57)59(53-33-29-49(30-34-53)25-21-11-7-3)67-60(54-35-31-50(32-36-54)26-22-12-8-4)56-39-43-58(44-40-56)62-65-47-52(48-66-62)28-24-20-18-16-14-10-6-2/h37-50,53-54,59-60H,5-36H2,1-4H3. The van der Waals surface area contributed by atoms with Gasteiger partial charge in [0.1, 0.15) is 0 Å². The van der Waals surface area contributed by atoms with Crippen LogP contribution < -0.4 is 0 Å². The molecule has 2 fully saturated rings. The molecule has 2 aromatic carbocycles. The second-order valence-electron chi connectivity index (χ2n) is 21.3. The van der Waals surface area contributed by atoms with Crippen molar-refractivity contribution in [3.8, 4) is 22.8 Å². The zero-order valence-corrected chi connectivity index (χ0v) is 43.2. The van der Waals surface area contributed by atoms with Crippen LogP contribution in [0.5, 0.6) is 0 Å². The third kappa shape index (κ3) is 18.1. The predicted molar refractivity (Wildman–Crippen MR) is 284 cm³/mol. The Labute approximate surface area is 410 Å². The fourth-order valence-corrected chi connectivity index (χ4v) is 11.5. The van der Waals surface area contributed by atoms with Crippen molar-refractivity contribution in [2.45, 2.75) is 245 Å². The SMILES string of the molecule is CCCCCCCCCc1cnc(-c2ccc(C(OC(c3ccc(-c4ncc(CCCCCCCCC)cn4)cc3)C3CCC(CCCCC)CC3)C3CCC(CCCCC)CC3)cc2)nc1. The van der Waals surface area contributed by atoms with Crippen LogP contribution >= 0.6 is 0 Å². The molecule has 5 nitrogen and oxygen atoms in total. The van der Waals surface area contributed by atoms with Crippen LogP contribution in [0.15, 0.2) is 73.3 Å². The lowest BCUT2D eigenvalue weighted by molar-refractivity contribution is -0.0907. The molecule has 0 saturated heterocycles.